The lowest BCUT2D eigenvalue weighted by atomic mass is 10.2. The van der Waals surface area contributed by atoms with Crippen molar-refractivity contribution >= 4 is 66.1 Å². The van der Waals surface area contributed by atoms with E-state index in [0.717, 1.165) is 32.9 Å². The van der Waals surface area contributed by atoms with E-state index in [4.69, 9.17) is 0 Å². The van der Waals surface area contributed by atoms with Crippen LogP contribution in [0.25, 0.3) is 10.1 Å². The molecule has 136 valence electrons. The predicted molar refractivity (Wildman–Crippen MR) is 110 cm³/mol. The molecule has 1 saturated heterocycles. The Kier molecular flexibility index (Phi) is 5.07. The Hall–Kier alpha value is -1.39. The predicted octanol–water partition coefficient (Wildman–Crippen LogP) is 3.95. The van der Waals surface area contributed by atoms with Crippen LogP contribution in [0.5, 0.6) is 0 Å². The number of nitrogens with zero attached hydrogens (tertiary/aromatic N) is 1. The number of carbonyl (C=O) groups is 1. The van der Waals surface area contributed by atoms with Crippen LogP contribution in [0, 0.1) is 0 Å². The van der Waals surface area contributed by atoms with Gasteiger partial charge in [0.1, 0.15) is 9.77 Å². The fourth-order valence-corrected chi connectivity index (χ4v) is 7.47. The summed E-state index contributed by atoms with van der Waals surface area (Å²) >= 11 is 4.53. The number of hydrogen-bond donors (Lipinski definition) is 1. The first-order valence-corrected chi connectivity index (χ1v) is 12.3. The van der Waals surface area contributed by atoms with Crippen molar-refractivity contribution in [3.05, 3.63) is 46.0 Å². The first kappa shape index (κ1) is 18.0. The average Bonchev–Trinajstić information content (AvgIpc) is 3.31. The first-order chi connectivity index (χ1) is 12.6. The molecule has 0 spiro atoms. The zero-order valence-corrected chi connectivity index (χ0v) is 16.9. The highest BCUT2D eigenvalue weighted by molar-refractivity contribution is 7.99. The van der Waals surface area contributed by atoms with Crippen LogP contribution in [0.1, 0.15) is 9.67 Å². The van der Waals surface area contributed by atoms with Gasteiger partial charge >= 0.3 is 0 Å². The zero-order chi connectivity index (χ0) is 18.1. The molecule has 1 amide bonds. The second-order valence-corrected chi connectivity index (χ2v) is 10.8. The molecule has 0 saturated carbocycles. The van der Waals surface area contributed by atoms with Gasteiger partial charge in [0.15, 0.2) is 0 Å². The van der Waals surface area contributed by atoms with Crippen molar-refractivity contribution in [2.45, 2.75) is 4.90 Å². The van der Waals surface area contributed by atoms with Gasteiger partial charge in [0.25, 0.3) is 5.91 Å². The van der Waals surface area contributed by atoms with Crippen LogP contribution in [0.15, 0.2) is 46.0 Å². The minimum absolute atomic E-state index is 0.100. The number of benzene rings is 1. The number of rotatable bonds is 4. The van der Waals surface area contributed by atoms with E-state index in [0.29, 0.717) is 18.8 Å². The molecular weight excluding hydrogens is 408 g/mol. The van der Waals surface area contributed by atoms with E-state index in [1.165, 1.54) is 10.4 Å². The summed E-state index contributed by atoms with van der Waals surface area (Å²) in [5.74, 6) is 1.18. The van der Waals surface area contributed by atoms with Gasteiger partial charge in [-0.1, -0.05) is 0 Å². The monoisotopic (exact) mass is 424 g/mol. The number of carbonyl (C=O) groups excluding carboxylic acids is 1. The summed E-state index contributed by atoms with van der Waals surface area (Å²) in [6.07, 6.45) is 0. The van der Waals surface area contributed by atoms with Crippen molar-refractivity contribution in [1.82, 2.24) is 4.31 Å². The first-order valence-electron chi connectivity index (χ1n) is 8.00. The molecule has 1 aromatic carbocycles. The van der Waals surface area contributed by atoms with Crippen LogP contribution in [0.2, 0.25) is 0 Å². The summed E-state index contributed by atoms with van der Waals surface area (Å²) in [6, 6.07) is 9.20. The molecule has 4 rings (SSSR count). The van der Waals surface area contributed by atoms with Gasteiger partial charge in [0.05, 0.1) is 0 Å². The highest BCUT2D eigenvalue weighted by atomic mass is 32.2. The van der Waals surface area contributed by atoms with Crippen LogP contribution >= 0.6 is 34.4 Å². The van der Waals surface area contributed by atoms with Gasteiger partial charge in [0, 0.05) is 35.0 Å². The summed E-state index contributed by atoms with van der Waals surface area (Å²) < 4.78 is 28.4. The summed E-state index contributed by atoms with van der Waals surface area (Å²) in [5, 5.41) is 7.54. The molecular formula is C17H16N2O3S4. The highest BCUT2D eigenvalue weighted by Gasteiger charge is 2.31. The third kappa shape index (κ3) is 3.41. The largest absolute Gasteiger partial charge is 0.321 e. The van der Waals surface area contributed by atoms with Crippen molar-refractivity contribution in [3.8, 4) is 0 Å². The molecule has 0 atom stereocenters. The summed E-state index contributed by atoms with van der Waals surface area (Å²) in [4.78, 5) is 13.0. The van der Waals surface area contributed by atoms with E-state index in [2.05, 4.69) is 5.32 Å². The van der Waals surface area contributed by atoms with E-state index in [1.807, 2.05) is 29.6 Å². The Labute approximate surface area is 164 Å². The summed E-state index contributed by atoms with van der Waals surface area (Å²) in [5.41, 5.74) is 0.659. The van der Waals surface area contributed by atoms with Crippen LogP contribution in [0.3, 0.4) is 0 Å². The number of anilines is 1. The molecule has 0 aliphatic carbocycles. The highest BCUT2D eigenvalue weighted by Crippen LogP contribution is 2.29. The Morgan fingerprint density at radius 3 is 2.62 bits per heavy atom. The second kappa shape index (κ2) is 7.32. The number of hydrogen-bond acceptors (Lipinski definition) is 6. The molecule has 1 fully saturated rings. The fraction of sp³-hybridized carbons (Fsp3) is 0.235. The Bertz CT molecular complexity index is 1050. The number of fused-ring (bicyclic) bond motifs is 1. The van der Waals surface area contributed by atoms with Crippen LogP contribution < -0.4 is 5.32 Å². The van der Waals surface area contributed by atoms with Crippen molar-refractivity contribution < 1.29 is 13.2 Å². The molecule has 2 aromatic heterocycles. The maximum absolute atomic E-state index is 12.9. The Morgan fingerprint density at radius 1 is 1.04 bits per heavy atom. The van der Waals surface area contributed by atoms with E-state index in [9.17, 15) is 13.2 Å². The van der Waals surface area contributed by atoms with E-state index >= 15 is 0 Å². The van der Waals surface area contributed by atoms with E-state index in [1.54, 1.807) is 28.5 Å². The number of thioether (sulfide) groups is 1. The lowest BCUT2D eigenvalue weighted by Crippen LogP contribution is -2.38. The molecule has 1 N–H and O–H groups in total. The molecule has 1 aliphatic heterocycles. The zero-order valence-electron chi connectivity index (χ0n) is 13.7. The van der Waals surface area contributed by atoms with Crippen LogP contribution in [0.4, 0.5) is 5.69 Å². The van der Waals surface area contributed by atoms with Gasteiger partial charge in [-0.25, -0.2) is 8.42 Å². The Morgan fingerprint density at radius 2 is 1.81 bits per heavy atom. The van der Waals surface area contributed by atoms with Crippen molar-refractivity contribution in [2.75, 3.05) is 29.9 Å². The topological polar surface area (TPSA) is 66.5 Å². The molecule has 26 heavy (non-hydrogen) atoms. The number of sulfonamides is 1. The smallest absolute Gasteiger partial charge is 0.267 e. The van der Waals surface area contributed by atoms with Crippen molar-refractivity contribution in [2.24, 2.45) is 0 Å². The van der Waals surface area contributed by atoms with Gasteiger partial charge in [-0.2, -0.15) is 16.1 Å². The fourth-order valence-electron chi connectivity index (χ4n) is 2.82. The number of amides is 1. The molecule has 0 bridgehead atoms. The molecule has 0 unspecified atom stereocenters. The molecule has 9 heteroatoms. The minimum Gasteiger partial charge on any atom is -0.321 e. The summed E-state index contributed by atoms with van der Waals surface area (Å²) in [6.45, 7) is 0.970. The molecule has 0 radical (unpaired) electrons. The lowest BCUT2D eigenvalue weighted by Gasteiger charge is -2.25. The normalized spacial score (nSPS) is 16.0. The van der Waals surface area contributed by atoms with Crippen LogP contribution in [-0.4, -0.2) is 43.2 Å². The van der Waals surface area contributed by atoms with Gasteiger partial charge in [-0.3, -0.25) is 4.79 Å². The molecule has 3 aromatic rings. The van der Waals surface area contributed by atoms with Gasteiger partial charge in [-0.15, -0.1) is 22.7 Å². The standard InChI is InChI=1S/C17H16N2O3S4/c20-17(18-13-1-2-14-12(11-13)3-7-24-14)16-15(4-8-25-16)26(21,22)19-5-9-23-10-6-19/h1-4,7-8,11H,5-6,9-10H2,(H,18,20). The SMILES string of the molecule is O=C(Nc1ccc2sccc2c1)c1sccc1S(=O)(=O)N1CCSCC1. The van der Waals surface area contributed by atoms with Crippen LogP contribution in [-0.2, 0) is 10.0 Å². The quantitative estimate of drug-likeness (QED) is 0.689. The van der Waals surface area contributed by atoms with Crippen molar-refractivity contribution in [1.29, 1.82) is 0 Å². The summed E-state index contributed by atoms with van der Waals surface area (Å²) in [7, 11) is -3.64. The molecule has 5 nitrogen and oxygen atoms in total. The third-order valence-corrected chi connectivity index (χ3v) is 8.96. The average molecular weight is 425 g/mol. The second-order valence-electron chi connectivity index (χ2n) is 5.76. The lowest BCUT2D eigenvalue weighted by molar-refractivity contribution is 0.102. The molecule has 3 heterocycles. The molecule has 1 aliphatic rings. The maximum Gasteiger partial charge on any atom is 0.267 e. The van der Waals surface area contributed by atoms with Crippen molar-refractivity contribution in [3.63, 3.8) is 0 Å². The maximum atomic E-state index is 12.9. The number of thiophene rings is 2. The number of nitrogens with one attached hydrogen (secondary N) is 1. The minimum atomic E-state index is -3.64. The van der Waals surface area contributed by atoms with Gasteiger partial charge in [-0.05, 0) is 46.5 Å². The van der Waals surface area contributed by atoms with E-state index < -0.39 is 10.0 Å². The Balaban J connectivity index is 1.60. The van der Waals surface area contributed by atoms with E-state index in [-0.39, 0.29) is 15.7 Å². The van der Waals surface area contributed by atoms with Gasteiger partial charge < -0.3 is 5.32 Å². The third-order valence-electron chi connectivity index (χ3n) is 4.13. The van der Waals surface area contributed by atoms with Gasteiger partial charge in [0.2, 0.25) is 10.0 Å².